The Kier molecular flexibility index (Phi) is 10.5. The molecule has 2 unspecified atom stereocenters. The van der Waals surface area contributed by atoms with Crippen molar-refractivity contribution in [2.24, 2.45) is 0 Å². The molecule has 1 aliphatic heterocycles. The number of carboxylic acid groups (broad SMARTS) is 1. The van der Waals surface area contributed by atoms with Crippen LogP contribution in [-0.4, -0.2) is 52.9 Å². The summed E-state index contributed by atoms with van der Waals surface area (Å²) in [4.78, 5) is 13.3. The molecule has 3 rings (SSSR count). The predicted molar refractivity (Wildman–Crippen MR) is 136 cm³/mol. The van der Waals surface area contributed by atoms with Gasteiger partial charge >= 0.3 is 5.97 Å². The van der Waals surface area contributed by atoms with Gasteiger partial charge in [0, 0.05) is 24.0 Å². The number of hydrogen-bond acceptors (Lipinski definition) is 4. The maximum Gasteiger partial charge on any atom is 0.303 e. The van der Waals surface area contributed by atoms with Gasteiger partial charge in [-0.1, -0.05) is 49.7 Å². The van der Waals surface area contributed by atoms with Gasteiger partial charge in [-0.15, -0.1) is 0 Å². The highest BCUT2D eigenvalue weighted by molar-refractivity contribution is 6.31. The second kappa shape index (κ2) is 13.4. The molecule has 0 bridgehead atoms. The second-order valence-corrected chi connectivity index (χ2v) is 9.77. The van der Waals surface area contributed by atoms with Crippen molar-refractivity contribution in [3.05, 3.63) is 69.5 Å². The summed E-state index contributed by atoms with van der Waals surface area (Å²) in [5.41, 5.74) is 3.47. The number of aliphatic carboxylic acids is 1. The molecule has 5 nitrogen and oxygen atoms in total. The molecule has 0 aliphatic carbocycles. The minimum atomic E-state index is -0.965. The first-order valence-corrected chi connectivity index (χ1v) is 13.0. The Bertz CT molecular complexity index is 985. The van der Waals surface area contributed by atoms with Crippen LogP contribution in [0.2, 0.25) is 5.02 Å². The number of benzene rings is 2. The molecule has 1 saturated heterocycles. The number of nitrogens with zero attached hydrogens (tertiary/aromatic N) is 1. The van der Waals surface area contributed by atoms with E-state index in [1.165, 1.54) is 11.6 Å². The van der Waals surface area contributed by atoms with Crippen molar-refractivity contribution in [1.29, 1.82) is 0 Å². The molecule has 0 spiro atoms. The van der Waals surface area contributed by atoms with Gasteiger partial charge in [0.05, 0.1) is 18.8 Å². The summed E-state index contributed by atoms with van der Waals surface area (Å²) in [6.07, 6.45) is 3.50. The van der Waals surface area contributed by atoms with Crippen LogP contribution >= 0.6 is 11.6 Å². The standard InChI is InChI=1S/C28H37ClFNO4/c1-3-20-15-19(10-12-25(20)29)16-21-7-6-14-31(21)17-22(32)18-35-27(4-2)24-8-5-9-26(30)23(24)11-13-28(33)34/h5,8-10,12,15,21-22,27,32H,3-4,6-7,11,13-14,16-18H2,1-2H3,(H,33,34)/t21-,22?,27?/m0/s1. The normalized spacial score (nSPS) is 18.0. The lowest BCUT2D eigenvalue weighted by Crippen LogP contribution is -2.39. The number of carbonyl (C=O) groups is 1. The fraction of sp³-hybridized carbons (Fsp3) is 0.536. The number of halogens is 2. The number of ether oxygens (including phenoxy) is 1. The Morgan fingerprint density at radius 1 is 1.29 bits per heavy atom. The summed E-state index contributed by atoms with van der Waals surface area (Å²) in [5.74, 6) is -1.38. The van der Waals surface area contributed by atoms with E-state index in [1.807, 2.05) is 13.0 Å². The molecular weight excluding hydrogens is 469 g/mol. The molecule has 3 atom stereocenters. The van der Waals surface area contributed by atoms with Crippen LogP contribution in [-0.2, 0) is 28.8 Å². The van der Waals surface area contributed by atoms with Gasteiger partial charge in [-0.2, -0.15) is 0 Å². The quantitative estimate of drug-likeness (QED) is 0.371. The largest absolute Gasteiger partial charge is 0.481 e. The van der Waals surface area contributed by atoms with Gasteiger partial charge in [-0.3, -0.25) is 9.69 Å². The SMILES string of the molecule is CCc1cc(C[C@@H]2CCCN2CC(O)COC(CC)c2cccc(F)c2CCC(=O)O)ccc1Cl. The molecule has 0 amide bonds. The molecule has 1 heterocycles. The summed E-state index contributed by atoms with van der Waals surface area (Å²) >= 11 is 6.27. The molecule has 2 N–H and O–H groups in total. The average molecular weight is 506 g/mol. The number of β-amino-alcohol motifs (C(OH)–C–C–N with tert-alkyl or cyclic N) is 1. The zero-order valence-corrected chi connectivity index (χ0v) is 21.4. The number of aryl methyl sites for hydroxylation is 1. The number of carboxylic acids is 1. The third-order valence-electron chi connectivity index (χ3n) is 6.86. The highest BCUT2D eigenvalue weighted by atomic mass is 35.5. The number of aliphatic hydroxyl groups is 1. The topological polar surface area (TPSA) is 70.0 Å². The highest BCUT2D eigenvalue weighted by Crippen LogP contribution is 2.28. The Morgan fingerprint density at radius 2 is 2.09 bits per heavy atom. The summed E-state index contributed by atoms with van der Waals surface area (Å²) < 4.78 is 20.5. The van der Waals surface area contributed by atoms with E-state index in [0.29, 0.717) is 30.1 Å². The Hall–Kier alpha value is -1.99. The van der Waals surface area contributed by atoms with Crippen LogP contribution in [0.3, 0.4) is 0 Å². The third kappa shape index (κ3) is 7.74. The number of hydrogen-bond donors (Lipinski definition) is 2. The summed E-state index contributed by atoms with van der Waals surface area (Å²) in [5, 5.41) is 20.6. The fourth-order valence-corrected chi connectivity index (χ4v) is 5.27. The summed E-state index contributed by atoms with van der Waals surface area (Å²) in [6, 6.07) is 11.4. The molecular formula is C28H37ClFNO4. The van der Waals surface area contributed by atoms with Crippen LogP contribution < -0.4 is 0 Å². The van der Waals surface area contributed by atoms with Crippen molar-refractivity contribution in [3.63, 3.8) is 0 Å². The van der Waals surface area contributed by atoms with Gasteiger partial charge in [-0.05, 0) is 79.5 Å². The van der Waals surface area contributed by atoms with E-state index in [0.717, 1.165) is 42.8 Å². The van der Waals surface area contributed by atoms with E-state index < -0.39 is 24.0 Å². The average Bonchev–Trinajstić information content (AvgIpc) is 3.26. The monoisotopic (exact) mass is 505 g/mol. The van der Waals surface area contributed by atoms with Gasteiger partial charge in [0.25, 0.3) is 0 Å². The molecule has 35 heavy (non-hydrogen) atoms. The van der Waals surface area contributed by atoms with E-state index in [4.69, 9.17) is 21.4 Å². The van der Waals surface area contributed by atoms with E-state index in [2.05, 4.69) is 24.0 Å². The molecule has 2 aromatic carbocycles. The third-order valence-corrected chi connectivity index (χ3v) is 7.23. The van der Waals surface area contributed by atoms with Crippen molar-refractivity contribution in [2.45, 2.75) is 77.0 Å². The van der Waals surface area contributed by atoms with Crippen molar-refractivity contribution in [3.8, 4) is 0 Å². The smallest absolute Gasteiger partial charge is 0.303 e. The molecule has 0 radical (unpaired) electrons. The highest BCUT2D eigenvalue weighted by Gasteiger charge is 2.27. The first-order chi connectivity index (χ1) is 16.8. The van der Waals surface area contributed by atoms with E-state index in [-0.39, 0.29) is 19.4 Å². The minimum Gasteiger partial charge on any atom is -0.481 e. The van der Waals surface area contributed by atoms with Crippen molar-refractivity contribution in [1.82, 2.24) is 4.90 Å². The Balaban J connectivity index is 1.58. The van der Waals surface area contributed by atoms with Gasteiger partial charge in [0.1, 0.15) is 5.82 Å². The molecule has 1 aliphatic rings. The zero-order chi connectivity index (χ0) is 25.4. The number of rotatable bonds is 13. The van der Waals surface area contributed by atoms with Crippen LogP contribution in [0, 0.1) is 5.82 Å². The van der Waals surface area contributed by atoms with Crippen LogP contribution in [0.4, 0.5) is 4.39 Å². The minimum absolute atomic E-state index is 0.111. The maximum absolute atomic E-state index is 14.4. The summed E-state index contributed by atoms with van der Waals surface area (Å²) in [6.45, 7) is 5.64. The Labute approximate surface area is 212 Å². The van der Waals surface area contributed by atoms with Crippen LogP contribution in [0.1, 0.15) is 67.9 Å². The zero-order valence-electron chi connectivity index (χ0n) is 20.7. The van der Waals surface area contributed by atoms with Gasteiger partial charge < -0.3 is 14.9 Å². The predicted octanol–water partition coefficient (Wildman–Crippen LogP) is 5.59. The van der Waals surface area contributed by atoms with Crippen LogP contribution in [0.25, 0.3) is 0 Å². The fourth-order valence-electron chi connectivity index (χ4n) is 5.02. The lowest BCUT2D eigenvalue weighted by atomic mass is 9.96. The molecule has 1 fully saturated rings. The van der Waals surface area contributed by atoms with Crippen LogP contribution in [0.5, 0.6) is 0 Å². The summed E-state index contributed by atoms with van der Waals surface area (Å²) in [7, 11) is 0. The molecule has 2 aromatic rings. The lowest BCUT2D eigenvalue weighted by Gasteiger charge is -2.28. The molecule has 0 aromatic heterocycles. The van der Waals surface area contributed by atoms with Gasteiger partial charge in [0.15, 0.2) is 0 Å². The van der Waals surface area contributed by atoms with Crippen molar-refractivity contribution in [2.75, 3.05) is 19.7 Å². The van der Waals surface area contributed by atoms with E-state index >= 15 is 0 Å². The van der Waals surface area contributed by atoms with Gasteiger partial charge in [-0.25, -0.2) is 4.39 Å². The second-order valence-electron chi connectivity index (χ2n) is 9.36. The van der Waals surface area contributed by atoms with Crippen molar-refractivity contribution < 1.29 is 24.1 Å². The molecule has 0 saturated carbocycles. The Morgan fingerprint density at radius 3 is 2.80 bits per heavy atom. The lowest BCUT2D eigenvalue weighted by molar-refractivity contribution is -0.136. The van der Waals surface area contributed by atoms with E-state index in [9.17, 15) is 14.3 Å². The molecule has 192 valence electrons. The van der Waals surface area contributed by atoms with Crippen molar-refractivity contribution >= 4 is 17.6 Å². The first kappa shape index (κ1) is 27.6. The van der Waals surface area contributed by atoms with Gasteiger partial charge in [0.2, 0.25) is 0 Å². The molecule has 7 heteroatoms. The number of aliphatic hydroxyl groups excluding tert-OH is 1. The first-order valence-electron chi connectivity index (χ1n) is 12.6. The maximum atomic E-state index is 14.4. The number of likely N-dealkylation sites (tertiary alicyclic amines) is 1. The van der Waals surface area contributed by atoms with E-state index in [1.54, 1.807) is 12.1 Å². The van der Waals surface area contributed by atoms with Crippen LogP contribution in [0.15, 0.2) is 36.4 Å².